The van der Waals surface area contributed by atoms with Crippen LogP contribution in [0.4, 0.5) is 15.8 Å². The number of hydrogen-bond donors (Lipinski definition) is 3. The molecular weight excluding hydrogens is 489 g/mol. The van der Waals surface area contributed by atoms with Crippen LogP contribution in [0.25, 0.3) is 11.0 Å². The fourth-order valence-corrected chi connectivity index (χ4v) is 6.14. The highest BCUT2D eigenvalue weighted by Crippen LogP contribution is 2.35. The number of hydrogen-bond acceptors (Lipinski definition) is 5. The summed E-state index contributed by atoms with van der Waals surface area (Å²) in [7, 11) is 0. The van der Waals surface area contributed by atoms with Crippen LogP contribution in [0.3, 0.4) is 0 Å². The van der Waals surface area contributed by atoms with E-state index in [0.29, 0.717) is 23.2 Å². The van der Waals surface area contributed by atoms with Gasteiger partial charge in [0.1, 0.15) is 11.6 Å². The second kappa shape index (κ2) is 10.9. The average molecular weight is 526 g/mol. The van der Waals surface area contributed by atoms with Crippen molar-refractivity contribution in [3.63, 3.8) is 0 Å². The Labute approximate surface area is 229 Å². The van der Waals surface area contributed by atoms with E-state index in [-0.39, 0.29) is 11.9 Å². The van der Waals surface area contributed by atoms with Crippen molar-refractivity contribution < 1.29 is 9.50 Å². The number of halogens is 1. The molecule has 4 aromatic rings. The van der Waals surface area contributed by atoms with E-state index >= 15 is 0 Å². The van der Waals surface area contributed by atoms with Crippen molar-refractivity contribution >= 4 is 28.1 Å². The SMILES string of the molecule is CC(=N)c1cc(CN2CCC(c3nc4ccccc4n3CC3CC(O)C3)CC2)ccc1Nc1cccc(F)c1. The number of rotatable bonds is 8. The van der Waals surface area contributed by atoms with Crippen LogP contribution in [0.1, 0.15) is 55.5 Å². The molecule has 1 aliphatic carbocycles. The van der Waals surface area contributed by atoms with Crippen LogP contribution in [0.2, 0.25) is 0 Å². The highest BCUT2D eigenvalue weighted by atomic mass is 19.1. The molecule has 0 spiro atoms. The second-order valence-electron chi connectivity index (χ2n) is 11.3. The predicted octanol–water partition coefficient (Wildman–Crippen LogP) is 6.46. The lowest BCUT2D eigenvalue weighted by atomic mass is 9.82. The lowest BCUT2D eigenvalue weighted by molar-refractivity contribution is 0.0351. The summed E-state index contributed by atoms with van der Waals surface area (Å²) in [6.07, 6.45) is 3.76. The maximum Gasteiger partial charge on any atom is 0.125 e. The molecular formula is C32H36FN5O. The molecule has 202 valence electrons. The average Bonchev–Trinajstić information content (AvgIpc) is 3.27. The van der Waals surface area contributed by atoms with Crippen LogP contribution in [0.15, 0.2) is 66.7 Å². The van der Waals surface area contributed by atoms with Crippen LogP contribution in [0, 0.1) is 17.1 Å². The van der Waals surface area contributed by atoms with E-state index in [4.69, 9.17) is 10.4 Å². The largest absolute Gasteiger partial charge is 0.393 e. The number of para-hydroxylation sites is 2. The molecule has 1 aliphatic heterocycles. The summed E-state index contributed by atoms with van der Waals surface area (Å²) in [6, 6.07) is 21.0. The van der Waals surface area contributed by atoms with E-state index in [1.807, 2.05) is 12.1 Å². The van der Waals surface area contributed by atoms with Crippen LogP contribution in [0.5, 0.6) is 0 Å². The van der Waals surface area contributed by atoms with Crippen molar-refractivity contribution in [3.05, 3.63) is 89.5 Å². The summed E-state index contributed by atoms with van der Waals surface area (Å²) in [5.74, 6) is 1.87. The quantitative estimate of drug-likeness (QED) is 0.231. The number of aliphatic hydroxyl groups is 1. The normalized spacial score (nSPS) is 20.2. The zero-order chi connectivity index (χ0) is 26.9. The number of anilines is 2. The van der Waals surface area contributed by atoms with Crippen molar-refractivity contribution in [2.45, 2.75) is 57.7 Å². The second-order valence-corrected chi connectivity index (χ2v) is 11.3. The predicted molar refractivity (Wildman–Crippen MR) is 154 cm³/mol. The molecule has 2 fully saturated rings. The summed E-state index contributed by atoms with van der Waals surface area (Å²) >= 11 is 0. The first kappa shape index (κ1) is 25.7. The molecule has 0 bridgehead atoms. The van der Waals surface area contributed by atoms with Gasteiger partial charge in [-0.15, -0.1) is 0 Å². The summed E-state index contributed by atoms with van der Waals surface area (Å²) in [6.45, 7) is 5.56. The smallest absolute Gasteiger partial charge is 0.125 e. The molecule has 2 heterocycles. The Morgan fingerprint density at radius 2 is 1.85 bits per heavy atom. The van der Waals surface area contributed by atoms with Crippen LogP contribution >= 0.6 is 0 Å². The van der Waals surface area contributed by atoms with Crippen LogP contribution in [-0.2, 0) is 13.1 Å². The first-order chi connectivity index (χ1) is 18.9. The fourth-order valence-electron chi connectivity index (χ4n) is 6.14. The van der Waals surface area contributed by atoms with Gasteiger partial charge in [-0.2, -0.15) is 0 Å². The van der Waals surface area contributed by atoms with E-state index in [2.05, 4.69) is 51.2 Å². The molecule has 1 aromatic heterocycles. The van der Waals surface area contributed by atoms with Gasteiger partial charge in [0.15, 0.2) is 0 Å². The number of fused-ring (bicyclic) bond motifs is 1. The van der Waals surface area contributed by atoms with Crippen molar-refractivity contribution in [3.8, 4) is 0 Å². The monoisotopic (exact) mass is 525 g/mol. The molecule has 0 amide bonds. The molecule has 3 aromatic carbocycles. The Balaban J connectivity index is 1.13. The van der Waals surface area contributed by atoms with E-state index < -0.39 is 0 Å². The Morgan fingerprint density at radius 3 is 2.59 bits per heavy atom. The number of imidazole rings is 1. The van der Waals surface area contributed by atoms with Gasteiger partial charge in [0, 0.05) is 41.7 Å². The summed E-state index contributed by atoms with van der Waals surface area (Å²) in [5, 5.41) is 21.4. The summed E-state index contributed by atoms with van der Waals surface area (Å²) < 4.78 is 16.1. The summed E-state index contributed by atoms with van der Waals surface area (Å²) in [4.78, 5) is 7.57. The van der Waals surface area contributed by atoms with Crippen molar-refractivity contribution in [1.29, 1.82) is 5.41 Å². The van der Waals surface area contributed by atoms with Gasteiger partial charge in [-0.3, -0.25) is 4.90 Å². The van der Waals surface area contributed by atoms with Crippen LogP contribution in [-0.4, -0.2) is 44.5 Å². The molecule has 3 N–H and O–H groups in total. The highest BCUT2D eigenvalue weighted by Gasteiger charge is 2.31. The van der Waals surface area contributed by atoms with E-state index in [9.17, 15) is 9.50 Å². The topological polar surface area (TPSA) is 77.2 Å². The molecule has 1 saturated carbocycles. The molecule has 2 aliphatic rings. The number of nitrogens with one attached hydrogen (secondary N) is 2. The van der Waals surface area contributed by atoms with Crippen molar-refractivity contribution in [2.75, 3.05) is 18.4 Å². The Kier molecular flexibility index (Phi) is 7.19. The molecule has 0 radical (unpaired) electrons. The molecule has 39 heavy (non-hydrogen) atoms. The number of piperidine rings is 1. The van der Waals surface area contributed by atoms with E-state index in [0.717, 1.165) is 68.6 Å². The third-order valence-corrected chi connectivity index (χ3v) is 8.29. The van der Waals surface area contributed by atoms with E-state index in [1.165, 1.54) is 29.0 Å². The lowest BCUT2D eigenvalue weighted by Gasteiger charge is -2.34. The zero-order valence-corrected chi connectivity index (χ0v) is 22.4. The minimum absolute atomic E-state index is 0.139. The molecule has 1 saturated heterocycles. The molecule has 6 nitrogen and oxygen atoms in total. The first-order valence-corrected chi connectivity index (χ1v) is 14.0. The molecule has 0 atom stereocenters. The zero-order valence-electron chi connectivity index (χ0n) is 22.4. The van der Waals surface area contributed by atoms with Gasteiger partial charge in [0.05, 0.1) is 17.1 Å². The summed E-state index contributed by atoms with van der Waals surface area (Å²) in [5.41, 5.74) is 6.25. The number of aliphatic hydroxyl groups excluding tert-OH is 1. The number of likely N-dealkylation sites (tertiary alicyclic amines) is 1. The fraction of sp³-hybridized carbons (Fsp3) is 0.375. The maximum atomic E-state index is 13.7. The van der Waals surface area contributed by atoms with E-state index in [1.54, 1.807) is 13.0 Å². The van der Waals surface area contributed by atoms with Gasteiger partial charge in [-0.1, -0.05) is 24.3 Å². The van der Waals surface area contributed by atoms with Gasteiger partial charge in [-0.25, -0.2) is 9.37 Å². The third-order valence-electron chi connectivity index (χ3n) is 8.29. The molecule has 6 rings (SSSR count). The minimum atomic E-state index is -0.287. The standard InChI is InChI=1S/C32H36FN5O/c1-21(34)28-17-22(9-10-29(28)35-26-6-4-5-25(33)18-26)19-37-13-11-24(12-14-37)32-36-30-7-2-3-8-31(30)38(32)20-23-15-27(39)16-23/h2-10,17-18,23-24,27,34-35,39H,11-16,19-20H2,1H3. The van der Waals surface area contributed by atoms with Gasteiger partial charge >= 0.3 is 0 Å². The molecule has 0 unspecified atom stereocenters. The van der Waals surface area contributed by atoms with Gasteiger partial charge in [0.2, 0.25) is 0 Å². The Hall–Kier alpha value is -3.55. The first-order valence-electron chi connectivity index (χ1n) is 14.0. The number of nitrogens with zero attached hydrogens (tertiary/aromatic N) is 3. The number of benzene rings is 3. The highest BCUT2D eigenvalue weighted by molar-refractivity contribution is 6.02. The minimum Gasteiger partial charge on any atom is -0.393 e. The van der Waals surface area contributed by atoms with Crippen molar-refractivity contribution in [1.82, 2.24) is 14.5 Å². The lowest BCUT2D eigenvalue weighted by Crippen LogP contribution is -2.35. The maximum absolute atomic E-state index is 13.7. The van der Waals surface area contributed by atoms with Gasteiger partial charge in [-0.05, 0) is 99.6 Å². The van der Waals surface area contributed by atoms with Crippen LogP contribution < -0.4 is 5.32 Å². The Morgan fingerprint density at radius 1 is 1.05 bits per heavy atom. The number of aromatic nitrogens is 2. The van der Waals surface area contributed by atoms with Gasteiger partial charge in [0.25, 0.3) is 0 Å². The van der Waals surface area contributed by atoms with Crippen molar-refractivity contribution in [2.24, 2.45) is 5.92 Å². The molecule has 7 heteroatoms. The Bertz CT molecular complexity index is 1480. The van der Waals surface area contributed by atoms with Gasteiger partial charge < -0.3 is 20.4 Å². The third kappa shape index (κ3) is 5.60.